The number of hydrogen-bond donors (Lipinski definition) is 3. The molecule has 11 nitrogen and oxygen atoms in total. The highest BCUT2D eigenvalue weighted by Crippen LogP contribution is 2.42. The summed E-state index contributed by atoms with van der Waals surface area (Å²) in [5, 5.41) is 33.1. The molecule has 0 unspecified atom stereocenters. The standard InChI is InChI=1S/C36H62N2O9/c1-12-25-14-15-26-22(5)31(37)20(3)18-35(8,43-19-25)30(17-28(40)23(6)33(41)46-29(13-2)36(26,9)42)47-34-32(45-24(7)39)27(38(10)11)16-21(4)44-34/h12,20-23,26-30,32,34,37,40,42H,13-19H2,1-11H3/b25-12+,37-31?/t20-,21-,22-,23-,26-,27+,28+,29-,30-,32-,34+,35-,36+/m1/s1. The lowest BCUT2D eigenvalue weighted by molar-refractivity contribution is -0.297. The number of nitrogens with one attached hydrogen (secondary N) is 1. The van der Waals surface area contributed by atoms with Crippen LogP contribution in [-0.2, 0) is 33.3 Å². The molecule has 3 heterocycles. The molecule has 0 saturated carbocycles. The van der Waals surface area contributed by atoms with Crippen LogP contribution < -0.4 is 0 Å². The van der Waals surface area contributed by atoms with Crippen LogP contribution >= 0.6 is 0 Å². The molecule has 13 atom stereocenters. The first-order chi connectivity index (χ1) is 21.9. The van der Waals surface area contributed by atoms with Crippen LogP contribution in [0.3, 0.4) is 0 Å². The molecule has 0 aromatic carbocycles. The average Bonchev–Trinajstić information content (AvgIpc) is 3.00. The highest BCUT2D eigenvalue weighted by atomic mass is 16.7. The van der Waals surface area contributed by atoms with Crippen molar-refractivity contribution in [2.75, 3.05) is 20.7 Å². The smallest absolute Gasteiger partial charge is 0.311 e. The maximum atomic E-state index is 13.6. The summed E-state index contributed by atoms with van der Waals surface area (Å²) in [6.45, 7) is 16.6. The van der Waals surface area contributed by atoms with Gasteiger partial charge in [-0.2, -0.15) is 0 Å². The Bertz CT molecular complexity index is 1130. The zero-order valence-corrected chi connectivity index (χ0v) is 30.6. The largest absolute Gasteiger partial charge is 0.459 e. The Kier molecular flexibility index (Phi) is 13.6. The van der Waals surface area contributed by atoms with Gasteiger partial charge >= 0.3 is 11.9 Å². The number of ether oxygens (including phenoxy) is 5. The number of esters is 2. The molecule has 3 aliphatic heterocycles. The number of hydrogen-bond acceptors (Lipinski definition) is 11. The van der Waals surface area contributed by atoms with Crippen molar-refractivity contribution in [3.63, 3.8) is 0 Å². The van der Waals surface area contributed by atoms with Crippen LogP contribution in [0.4, 0.5) is 0 Å². The van der Waals surface area contributed by atoms with E-state index in [9.17, 15) is 25.2 Å². The number of carbonyl (C=O) groups is 2. The van der Waals surface area contributed by atoms with E-state index in [1.165, 1.54) is 6.92 Å². The van der Waals surface area contributed by atoms with Crippen LogP contribution in [0.15, 0.2) is 11.6 Å². The number of aliphatic hydroxyl groups excluding tert-OH is 1. The lowest BCUT2D eigenvalue weighted by atomic mass is 9.69. The third kappa shape index (κ3) is 9.22. The molecule has 47 heavy (non-hydrogen) atoms. The quantitative estimate of drug-likeness (QED) is 0.280. The molecular formula is C36H62N2O9. The van der Waals surface area contributed by atoms with Gasteiger partial charge in [0.2, 0.25) is 0 Å². The van der Waals surface area contributed by atoms with Crippen molar-refractivity contribution in [3.05, 3.63) is 11.6 Å². The minimum atomic E-state index is -1.42. The molecule has 0 amide bonds. The first-order valence-corrected chi connectivity index (χ1v) is 17.5. The van der Waals surface area contributed by atoms with Crippen LogP contribution in [0.2, 0.25) is 0 Å². The molecule has 0 aromatic heterocycles. The van der Waals surface area contributed by atoms with Crippen LogP contribution in [0.5, 0.6) is 0 Å². The van der Waals surface area contributed by atoms with Gasteiger partial charge in [-0.05, 0) is 104 Å². The number of allylic oxidation sites excluding steroid dienone is 1. The zero-order chi connectivity index (χ0) is 35.4. The number of fused-ring (bicyclic) bond motifs is 5. The van der Waals surface area contributed by atoms with E-state index in [1.54, 1.807) is 13.8 Å². The topological polar surface area (TPSA) is 148 Å². The van der Waals surface area contributed by atoms with Gasteiger partial charge in [-0.15, -0.1) is 0 Å². The summed E-state index contributed by atoms with van der Waals surface area (Å²) in [6, 6.07) is -0.190. The van der Waals surface area contributed by atoms with E-state index in [1.807, 2.05) is 66.6 Å². The first-order valence-electron chi connectivity index (χ1n) is 17.5. The highest BCUT2D eigenvalue weighted by Gasteiger charge is 2.51. The fourth-order valence-corrected chi connectivity index (χ4v) is 7.86. The summed E-state index contributed by atoms with van der Waals surface area (Å²) >= 11 is 0. The van der Waals surface area contributed by atoms with Gasteiger partial charge in [-0.3, -0.25) is 9.59 Å². The number of rotatable bonds is 5. The van der Waals surface area contributed by atoms with E-state index >= 15 is 0 Å². The number of nitrogens with zero attached hydrogens (tertiary/aromatic N) is 1. The van der Waals surface area contributed by atoms with Crippen molar-refractivity contribution in [1.29, 1.82) is 5.41 Å². The third-order valence-electron chi connectivity index (χ3n) is 11.1. The molecular weight excluding hydrogens is 604 g/mol. The van der Waals surface area contributed by atoms with E-state index < -0.39 is 59.8 Å². The van der Waals surface area contributed by atoms with Crippen molar-refractivity contribution in [3.8, 4) is 0 Å². The summed E-state index contributed by atoms with van der Waals surface area (Å²) in [4.78, 5) is 27.9. The van der Waals surface area contributed by atoms with Gasteiger partial charge in [0.05, 0.1) is 42.5 Å². The summed E-state index contributed by atoms with van der Waals surface area (Å²) < 4.78 is 31.8. The second-order valence-corrected chi connectivity index (χ2v) is 15.0. The zero-order valence-electron chi connectivity index (χ0n) is 30.6. The number of aliphatic hydroxyl groups is 2. The van der Waals surface area contributed by atoms with E-state index in [-0.39, 0.29) is 42.9 Å². The van der Waals surface area contributed by atoms with Crippen LogP contribution in [0.1, 0.15) is 101 Å². The van der Waals surface area contributed by atoms with Crippen molar-refractivity contribution in [2.24, 2.45) is 23.7 Å². The summed E-state index contributed by atoms with van der Waals surface area (Å²) in [7, 11) is 3.84. The number of likely N-dealkylation sites (N-methyl/N-ethyl adjacent to an activating group) is 1. The van der Waals surface area contributed by atoms with Gasteiger partial charge in [-0.25, -0.2) is 0 Å². The fourth-order valence-electron chi connectivity index (χ4n) is 7.86. The molecule has 0 radical (unpaired) electrons. The lowest BCUT2D eigenvalue weighted by Gasteiger charge is -2.47. The molecule has 3 saturated heterocycles. The molecule has 11 heteroatoms. The summed E-state index contributed by atoms with van der Waals surface area (Å²) in [6.07, 6.45) is -0.259. The van der Waals surface area contributed by atoms with Gasteiger partial charge in [-0.1, -0.05) is 26.8 Å². The second-order valence-electron chi connectivity index (χ2n) is 15.0. The number of carbonyl (C=O) groups excluding carboxylic acids is 2. The van der Waals surface area contributed by atoms with E-state index in [4.69, 9.17) is 23.7 Å². The summed E-state index contributed by atoms with van der Waals surface area (Å²) in [5.74, 6) is -3.00. The minimum Gasteiger partial charge on any atom is -0.459 e. The molecule has 0 aromatic rings. The van der Waals surface area contributed by atoms with Gasteiger partial charge in [0, 0.05) is 19.1 Å². The third-order valence-corrected chi connectivity index (χ3v) is 11.1. The maximum Gasteiger partial charge on any atom is 0.311 e. The molecule has 0 spiro atoms. The predicted molar refractivity (Wildman–Crippen MR) is 179 cm³/mol. The van der Waals surface area contributed by atoms with Gasteiger partial charge < -0.3 is 44.2 Å². The van der Waals surface area contributed by atoms with E-state index in [0.29, 0.717) is 37.8 Å². The molecule has 3 N–H and O–H groups in total. The van der Waals surface area contributed by atoms with Crippen LogP contribution in [-0.4, -0.2) is 108 Å². The Hall–Kier alpha value is -1.89. The molecule has 3 rings (SSSR count). The predicted octanol–water partition coefficient (Wildman–Crippen LogP) is 4.66. The molecule has 0 aliphatic carbocycles. The summed E-state index contributed by atoms with van der Waals surface area (Å²) in [5.41, 5.74) is -0.989. The highest BCUT2D eigenvalue weighted by molar-refractivity contribution is 5.86. The first kappa shape index (κ1) is 39.5. The van der Waals surface area contributed by atoms with Gasteiger partial charge in [0.25, 0.3) is 0 Å². The van der Waals surface area contributed by atoms with Crippen LogP contribution in [0, 0.1) is 29.1 Å². The fraction of sp³-hybridized carbons (Fsp3) is 0.861. The Morgan fingerprint density at radius 1 is 1.15 bits per heavy atom. The molecule has 2 bridgehead atoms. The van der Waals surface area contributed by atoms with Crippen molar-refractivity contribution in [2.45, 2.75) is 155 Å². The van der Waals surface area contributed by atoms with Gasteiger partial charge in [0.15, 0.2) is 12.4 Å². The van der Waals surface area contributed by atoms with Crippen molar-refractivity contribution >= 4 is 17.7 Å². The Balaban J connectivity index is 2.20. The molecule has 3 aliphatic rings. The monoisotopic (exact) mass is 666 g/mol. The Labute approximate surface area is 282 Å². The second kappa shape index (κ2) is 16.2. The van der Waals surface area contributed by atoms with Crippen molar-refractivity contribution in [1.82, 2.24) is 4.90 Å². The molecule has 270 valence electrons. The maximum absolute atomic E-state index is 13.6. The molecule has 3 fully saturated rings. The minimum absolute atomic E-state index is 0.0168. The van der Waals surface area contributed by atoms with Crippen LogP contribution in [0.25, 0.3) is 0 Å². The average molecular weight is 667 g/mol. The normalized spacial score (nSPS) is 43.9. The lowest BCUT2D eigenvalue weighted by Crippen LogP contribution is -2.59. The van der Waals surface area contributed by atoms with Crippen molar-refractivity contribution < 1.29 is 43.5 Å². The number of cyclic esters (lactones) is 1. The Morgan fingerprint density at radius 3 is 2.38 bits per heavy atom. The Morgan fingerprint density at radius 2 is 1.81 bits per heavy atom. The van der Waals surface area contributed by atoms with Gasteiger partial charge in [0.1, 0.15) is 11.7 Å². The van der Waals surface area contributed by atoms with E-state index in [2.05, 4.69) is 0 Å². The van der Waals surface area contributed by atoms with E-state index in [0.717, 1.165) is 5.57 Å². The SMILES string of the molecule is C/C=C1\CC[C@@H]2[C@@H](C)C(=N)[C@H](C)C[C@@](C)(OC1)[C@H](O[C@@H]1O[C@H](C)C[C@H](N(C)C)[C@H]1OC(C)=O)C[C@H](O)[C@@H](C)C(=O)O[C@H](CC)[C@@]2(C)O.